The van der Waals surface area contributed by atoms with E-state index in [0.717, 1.165) is 19.4 Å². The fourth-order valence-electron chi connectivity index (χ4n) is 2.96. The minimum absolute atomic E-state index is 0.129. The van der Waals surface area contributed by atoms with Gasteiger partial charge in [0.15, 0.2) is 0 Å². The highest BCUT2D eigenvalue weighted by Gasteiger charge is 2.42. The van der Waals surface area contributed by atoms with Crippen LogP contribution in [0, 0.1) is 5.92 Å². The first-order valence-corrected chi connectivity index (χ1v) is 7.90. The summed E-state index contributed by atoms with van der Waals surface area (Å²) in [6, 6.07) is 4.13. The molecule has 0 radical (unpaired) electrons. The second kappa shape index (κ2) is 6.53. The SMILES string of the molecule is COC(=O)C(C)(NCc1cccs1)C1CCCCC1. The fourth-order valence-corrected chi connectivity index (χ4v) is 3.60. The lowest BCUT2D eigenvalue weighted by atomic mass is 9.75. The Balaban J connectivity index is 2.06. The van der Waals surface area contributed by atoms with Crippen LogP contribution in [0.4, 0.5) is 0 Å². The maximum Gasteiger partial charge on any atom is 0.326 e. The van der Waals surface area contributed by atoms with Gasteiger partial charge in [-0.15, -0.1) is 11.3 Å². The van der Waals surface area contributed by atoms with Gasteiger partial charge in [0.2, 0.25) is 0 Å². The molecule has 1 N–H and O–H groups in total. The van der Waals surface area contributed by atoms with Crippen molar-refractivity contribution < 1.29 is 9.53 Å². The summed E-state index contributed by atoms with van der Waals surface area (Å²) in [5, 5.41) is 5.52. The van der Waals surface area contributed by atoms with E-state index in [1.54, 1.807) is 11.3 Å². The van der Waals surface area contributed by atoms with Crippen LogP contribution in [0.2, 0.25) is 0 Å². The van der Waals surface area contributed by atoms with Crippen molar-refractivity contribution in [3.63, 3.8) is 0 Å². The summed E-state index contributed by atoms with van der Waals surface area (Å²) < 4.78 is 5.04. The third kappa shape index (κ3) is 3.37. The Kier molecular flexibility index (Phi) is 4.99. The first-order chi connectivity index (χ1) is 9.16. The Labute approximate surface area is 119 Å². The number of ether oxygens (including phenoxy) is 1. The lowest BCUT2D eigenvalue weighted by molar-refractivity contribution is -0.151. The molecular weight excluding hydrogens is 258 g/mol. The predicted octanol–water partition coefficient (Wildman–Crippen LogP) is 3.35. The molecule has 0 aliphatic heterocycles. The molecule has 0 saturated heterocycles. The molecule has 1 unspecified atom stereocenters. The number of nitrogens with one attached hydrogen (secondary N) is 1. The van der Waals surface area contributed by atoms with E-state index in [4.69, 9.17) is 4.74 Å². The van der Waals surface area contributed by atoms with Gasteiger partial charge >= 0.3 is 5.97 Å². The summed E-state index contributed by atoms with van der Waals surface area (Å²) in [6.45, 7) is 2.74. The molecule has 3 nitrogen and oxygen atoms in total. The molecule has 106 valence electrons. The van der Waals surface area contributed by atoms with Gasteiger partial charge in [-0.25, -0.2) is 0 Å². The monoisotopic (exact) mass is 281 g/mol. The van der Waals surface area contributed by atoms with E-state index in [1.165, 1.54) is 31.2 Å². The van der Waals surface area contributed by atoms with Gasteiger partial charge in [0.25, 0.3) is 0 Å². The van der Waals surface area contributed by atoms with E-state index in [0.29, 0.717) is 5.92 Å². The van der Waals surface area contributed by atoms with E-state index in [1.807, 2.05) is 13.0 Å². The lowest BCUT2D eigenvalue weighted by Crippen LogP contribution is -2.55. The number of hydrogen-bond donors (Lipinski definition) is 1. The molecule has 1 aliphatic rings. The van der Waals surface area contributed by atoms with Crippen LogP contribution in [0.1, 0.15) is 43.9 Å². The third-order valence-electron chi connectivity index (χ3n) is 4.24. The molecular formula is C15H23NO2S. The zero-order valence-corrected chi connectivity index (χ0v) is 12.6. The molecule has 1 saturated carbocycles. The van der Waals surface area contributed by atoms with Crippen LogP contribution in [0.3, 0.4) is 0 Å². The zero-order chi connectivity index (χ0) is 13.7. The Morgan fingerprint density at radius 3 is 2.79 bits per heavy atom. The molecule has 4 heteroatoms. The molecule has 2 rings (SSSR count). The highest BCUT2D eigenvalue weighted by Crippen LogP contribution is 2.33. The second-order valence-electron chi connectivity index (χ2n) is 5.46. The van der Waals surface area contributed by atoms with E-state index in [9.17, 15) is 4.79 Å². The van der Waals surface area contributed by atoms with Crippen LogP contribution in [0.25, 0.3) is 0 Å². The van der Waals surface area contributed by atoms with Crippen LogP contribution < -0.4 is 5.32 Å². The molecule has 1 aliphatic carbocycles. The molecule has 1 aromatic heterocycles. The van der Waals surface area contributed by atoms with Crippen molar-refractivity contribution in [2.75, 3.05) is 7.11 Å². The smallest absolute Gasteiger partial charge is 0.326 e. The molecule has 19 heavy (non-hydrogen) atoms. The number of hydrogen-bond acceptors (Lipinski definition) is 4. The van der Waals surface area contributed by atoms with Crippen LogP contribution in [0.5, 0.6) is 0 Å². The van der Waals surface area contributed by atoms with Crippen molar-refractivity contribution >= 4 is 17.3 Å². The third-order valence-corrected chi connectivity index (χ3v) is 5.12. The number of carbonyl (C=O) groups is 1. The molecule has 1 aromatic rings. The first kappa shape index (κ1) is 14.5. The second-order valence-corrected chi connectivity index (χ2v) is 6.49. The average Bonchev–Trinajstić information content (AvgIpc) is 2.98. The van der Waals surface area contributed by atoms with Crippen LogP contribution >= 0.6 is 11.3 Å². The predicted molar refractivity (Wildman–Crippen MR) is 78.2 cm³/mol. The molecule has 1 fully saturated rings. The van der Waals surface area contributed by atoms with Gasteiger partial charge in [-0.2, -0.15) is 0 Å². The summed E-state index contributed by atoms with van der Waals surface area (Å²) in [5.74, 6) is 0.254. The topological polar surface area (TPSA) is 38.3 Å². The minimum atomic E-state index is -0.556. The van der Waals surface area contributed by atoms with Crippen LogP contribution in [-0.2, 0) is 16.1 Å². The minimum Gasteiger partial charge on any atom is -0.468 e. The van der Waals surface area contributed by atoms with Crippen molar-refractivity contribution in [2.45, 2.75) is 51.1 Å². The average molecular weight is 281 g/mol. The fraction of sp³-hybridized carbons (Fsp3) is 0.667. The van der Waals surface area contributed by atoms with Gasteiger partial charge in [0.1, 0.15) is 5.54 Å². The Morgan fingerprint density at radius 2 is 2.21 bits per heavy atom. The maximum atomic E-state index is 12.2. The zero-order valence-electron chi connectivity index (χ0n) is 11.8. The summed E-state index contributed by atoms with van der Waals surface area (Å²) in [7, 11) is 1.48. The van der Waals surface area contributed by atoms with Crippen molar-refractivity contribution in [3.8, 4) is 0 Å². The Bertz CT molecular complexity index is 398. The van der Waals surface area contributed by atoms with Crippen molar-refractivity contribution in [2.24, 2.45) is 5.92 Å². The highest BCUT2D eigenvalue weighted by atomic mass is 32.1. The van der Waals surface area contributed by atoms with Gasteiger partial charge in [-0.1, -0.05) is 25.3 Å². The Hall–Kier alpha value is -0.870. The molecule has 1 atom stereocenters. The van der Waals surface area contributed by atoms with E-state index in [-0.39, 0.29) is 5.97 Å². The number of carbonyl (C=O) groups excluding carboxylic acids is 1. The van der Waals surface area contributed by atoms with Crippen LogP contribution in [-0.4, -0.2) is 18.6 Å². The van der Waals surface area contributed by atoms with Gasteiger partial charge < -0.3 is 4.74 Å². The lowest BCUT2D eigenvalue weighted by Gasteiger charge is -2.38. The molecule has 0 amide bonds. The van der Waals surface area contributed by atoms with Crippen molar-refractivity contribution in [1.82, 2.24) is 5.32 Å². The maximum absolute atomic E-state index is 12.2. The number of methoxy groups -OCH3 is 1. The molecule has 0 bridgehead atoms. The van der Waals surface area contributed by atoms with Crippen molar-refractivity contribution in [3.05, 3.63) is 22.4 Å². The summed E-state index contributed by atoms with van der Waals surface area (Å²) in [5.41, 5.74) is -0.556. The number of rotatable bonds is 5. The normalized spacial score (nSPS) is 19.9. The quantitative estimate of drug-likeness (QED) is 0.841. The van der Waals surface area contributed by atoms with Crippen LogP contribution in [0.15, 0.2) is 17.5 Å². The van der Waals surface area contributed by atoms with E-state index < -0.39 is 5.54 Å². The summed E-state index contributed by atoms with van der Waals surface area (Å²) in [6.07, 6.45) is 5.96. The summed E-state index contributed by atoms with van der Waals surface area (Å²) >= 11 is 1.71. The first-order valence-electron chi connectivity index (χ1n) is 7.02. The highest BCUT2D eigenvalue weighted by molar-refractivity contribution is 7.09. The van der Waals surface area contributed by atoms with E-state index >= 15 is 0 Å². The van der Waals surface area contributed by atoms with Gasteiger partial charge in [-0.05, 0) is 37.1 Å². The van der Waals surface area contributed by atoms with E-state index in [2.05, 4.69) is 16.8 Å². The largest absolute Gasteiger partial charge is 0.468 e. The number of thiophene rings is 1. The number of esters is 1. The van der Waals surface area contributed by atoms with Crippen molar-refractivity contribution in [1.29, 1.82) is 0 Å². The van der Waals surface area contributed by atoms with Gasteiger partial charge in [0, 0.05) is 11.4 Å². The van der Waals surface area contributed by atoms with Gasteiger partial charge in [-0.3, -0.25) is 10.1 Å². The standard InChI is InChI=1S/C15H23NO2S/c1-15(14(17)18-2,12-7-4-3-5-8-12)16-11-13-9-6-10-19-13/h6,9-10,12,16H,3-5,7-8,11H2,1-2H3. The Morgan fingerprint density at radius 1 is 1.47 bits per heavy atom. The molecule has 0 spiro atoms. The summed E-state index contributed by atoms with van der Waals surface area (Å²) in [4.78, 5) is 13.5. The molecule has 0 aromatic carbocycles. The van der Waals surface area contributed by atoms with Gasteiger partial charge in [0.05, 0.1) is 7.11 Å². The molecule has 1 heterocycles.